The minimum Gasteiger partial charge on any atom is -0.381 e. The van der Waals surface area contributed by atoms with E-state index in [9.17, 15) is 4.79 Å². The molecule has 0 aliphatic heterocycles. The van der Waals surface area contributed by atoms with Crippen molar-refractivity contribution in [3.8, 4) is 6.07 Å². The quantitative estimate of drug-likeness (QED) is 0.588. The molecule has 0 N–H and O–H groups in total. The van der Waals surface area contributed by atoms with Gasteiger partial charge in [-0.2, -0.15) is 5.26 Å². The number of hydrogen-bond donors (Lipinski definition) is 0. The maximum Gasteiger partial charge on any atom is 0.149 e. The molecule has 0 aromatic heterocycles. The first-order valence-electron chi connectivity index (χ1n) is 5.07. The van der Waals surface area contributed by atoms with Gasteiger partial charge in [0, 0.05) is 13.2 Å². The summed E-state index contributed by atoms with van der Waals surface area (Å²) in [4.78, 5) is 11.1. The molecule has 3 heteroatoms. The highest BCUT2D eigenvalue weighted by Crippen LogP contribution is 2.21. The SMILES string of the molecule is CCCCOCCC(C)(C#N)C(C)=O. The molecule has 1 atom stereocenters. The van der Waals surface area contributed by atoms with Crippen LogP contribution in [0.15, 0.2) is 0 Å². The van der Waals surface area contributed by atoms with E-state index in [1.54, 1.807) is 6.92 Å². The van der Waals surface area contributed by atoms with Crippen LogP contribution >= 0.6 is 0 Å². The summed E-state index contributed by atoms with van der Waals surface area (Å²) in [5, 5.41) is 8.83. The van der Waals surface area contributed by atoms with E-state index in [1.807, 2.05) is 6.07 Å². The number of hydrogen-bond acceptors (Lipinski definition) is 3. The van der Waals surface area contributed by atoms with Crippen molar-refractivity contribution < 1.29 is 9.53 Å². The number of ketones is 1. The van der Waals surface area contributed by atoms with Crippen LogP contribution in [-0.2, 0) is 9.53 Å². The molecule has 0 bridgehead atoms. The largest absolute Gasteiger partial charge is 0.381 e. The van der Waals surface area contributed by atoms with Gasteiger partial charge in [0.15, 0.2) is 0 Å². The maximum absolute atomic E-state index is 11.1. The molecule has 0 saturated heterocycles. The Morgan fingerprint density at radius 1 is 1.50 bits per heavy atom. The van der Waals surface area contributed by atoms with Crippen LogP contribution in [-0.4, -0.2) is 19.0 Å². The van der Waals surface area contributed by atoms with E-state index in [0.29, 0.717) is 13.0 Å². The van der Waals surface area contributed by atoms with Crippen LogP contribution in [0.1, 0.15) is 40.0 Å². The third kappa shape index (κ3) is 4.38. The number of nitriles is 1. The Labute approximate surface area is 86.1 Å². The summed E-state index contributed by atoms with van der Waals surface area (Å²) in [6.07, 6.45) is 2.62. The molecular formula is C11H19NO2. The van der Waals surface area contributed by atoms with E-state index < -0.39 is 5.41 Å². The van der Waals surface area contributed by atoms with E-state index in [-0.39, 0.29) is 5.78 Å². The molecule has 0 saturated carbocycles. The number of nitrogens with zero attached hydrogens (tertiary/aromatic N) is 1. The Morgan fingerprint density at radius 3 is 2.57 bits per heavy atom. The number of carbonyl (C=O) groups excluding carboxylic acids is 1. The standard InChI is InChI=1S/C11H19NO2/c1-4-5-7-14-8-6-11(3,9-12)10(2)13/h4-8H2,1-3H3. The van der Waals surface area contributed by atoms with Crippen LogP contribution in [0.3, 0.4) is 0 Å². The molecular weight excluding hydrogens is 178 g/mol. The molecule has 0 amide bonds. The normalized spacial score (nSPS) is 14.4. The average molecular weight is 197 g/mol. The number of unbranched alkanes of at least 4 members (excludes halogenated alkanes) is 1. The third-order valence-corrected chi connectivity index (χ3v) is 2.41. The molecule has 0 radical (unpaired) electrons. The smallest absolute Gasteiger partial charge is 0.149 e. The second-order valence-corrected chi connectivity index (χ2v) is 3.72. The van der Waals surface area contributed by atoms with Gasteiger partial charge < -0.3 is 4.74 Å². The highest BCUT2D eigenvalue weighted by Gasteiger charge is 2.28. The van der Waals surface area contributed by atoms with Crippen LogP contribution in [0.4, 0.5) is 0 Å². The lowest BCUT2D eigenvalue weighted by Gasteiger charge is -2.17. The Morgan fingerprint density at radius 2 is 2.14 bits per heavy atom. The second-order valence-electron chi connectivity index (χ2n) is 3.72. The first-order valence-corrected chi connectivity index (χ1v) is 5.07. The summed E-state index contributed by atoms with van der Waals surface area (Å²) in [7, 11) is 0. The predicted octanol–water partition coefficient (Wildman–Crippen LogP) is 2.31. The number of carbonyl (C=O) groups is 1. The van der Waals surface area contributed by atoms with Crippen LogP contribution in [0.25, 0.3) is 0 Å². The summed E-state index contributed by atoms with van der Waals surface area (Å²) >= 11 is 0. The third-order valence-electron chi connectivity index (χ3n) is 2.41. The van der Waals surface area contributed by atoms with Crippen LogP contribution in [0.5, 0.6) is 0 Å². The van der Waals surface area contributed by atoms with Crippen molar-refractivity contribution >= 4 is 5.78 Å². The van der Waals surface area contributed by atoms with Crippen molar-refractivity contribution in [1.29, 1.82) is 5.26 Å². The van der Waals surface area contributed by atoms with Crippen LogP contribution in [0, 0.1) is 16.7 Å². The van der Waals surface area contributed by atoms with Crippen LogP contribution < -0.4 is 0 Å². The van der Waals surface area contributed by atoms with Gasteiger partial charge in [-0.25, -0.2) is 0 Å². The van der Waals surface area contributed by atoms with Gasteiger partial charge in [0.1, 0.15) is 11.2 Å². The minimum atomic E-state index is -0.869. The lowest BCUT2D eigenvalue weighted by atomic mass is 9.85. The summed E-state index contributed by atoms with van der Waals surface area (Å²) in [6, 6.07) is 2.04. The molecule has 0 fully saturated rings. The summed E-state index contributed by atoms with van der Waals surface area (Å²) in [5.41, 5.74) is -0.869. The van der Waals surface area contributed by atoms with E-state index in [1.165, 1.54) is 6.92 Å². The maximum atomic E-state index is 11.1. The van der Waals surface area contributed by atoms with Crippen LogP contribution in [0.2, 0.25) is 0 Å². The molecule has 0 spiro atoms. The topological polar surface area (TPSA) is 50.1 Å². The molecule has 0 aliphatic rings. The van der Waals surface area contributed by atoms with Gasteiger partial charge in [0.25, 0.3) is 0 Å². The Bertz CT molecular complexity index is 220. The van der Waals surface area contributed by atoms with E-state index in [4.69, 9.17) is 10.00 Å². The van der Waals surface area contributed by atoms with Crippen molar-refractivity contribution in [2.24, 2.45) is 5.41 Å². The molecule has 0 heterocycles. The average Bonchev–Trinajstić information content (AvgIpc) is 2.17. The molecule has 3 nitrogen and oxygen atoms in total. The molecule has 0 aromatic carbocycles. The van der Waals surface area contributed by atoms with Crippen molar-refractivity contribution in [2.45, 2.75) is 40.0 Å². The number of ether oxygens (including phenoxy) is 1. The van der Waals surface area contributed by atoms with Gasteiger partial charge >= 0.3 is 0 Å². The van der Waals surface area contributed by atoms with E-state index in [2.05, 4.69) is 6.92 Å². The molecule has 1 unspecified atom stereocenters. The summed E-state index contributed by atoms with van der Waals surface area (Å²) in [6.45, 7) is 6.42. The Hall–Kier alpha value is -0.880. The second kappa shape index (κ2) is 6.56. The monoisotopic (exact) mass is 197 g/mol. The van der Waals surface area contributed by atoms with Gasteiger partial charge in [-0.1, -0.05) is 13.3 Å². The van der Waals surface area contributed by atoms with Crippen molar-refractivity contribution in [3.63, 3.8) is 0 Å². The predicted molar refractivity (Wildman–Crippen MR) is 54.7 cm³/mol. The zero-order chi connectivity index (χ0) is 11.0. The van der Waals surface area contributed by atoms with Gasteiger partial charge in [0.05, 0.1) is 6.07 Å². The zero-order valence-corrected chi connectivity index (χ0v) is 9.30. The molecule has 14 heavy (non-hydrogen) atoms. The molecule has 0 aromatic rings. The number of Topliss-reactive ketones (excluding diaryl/α,β-unsaturated/α-hetero) is 1. The Kier molecular flexibility index (Phi) is 6.14. The van der Waals surface area contributed by atoms with Gasteiger partial charge in [-0.3, -0.25) is 4.79 Å². The first-order chi connectivity index (χ1) is 6.56. The lowest BCUT2D eigenvalue weighted by Crippen LogP contribution is -2.25. The molecule has 80 valence electrons. The lowest BCUT2D eigenvalue weighted by molar-refractivity contribution is -0.123. The number of rotatable bonds is 7. The van der Waals surface area contributed by atoms with Gasteiger partial charge in [-0.05, 0) is 26.7 Å². The van der Waals surface area contributed by atoms with Crippen molar-refractivity contribution in [2.75, 3.05) is 13.2 Å². The fourth-order valence-corrected chi connectivity index (χ4v) is 0.935. The highest BCUT2D eigenvalue weighted by atomic mass is 16.5. The highest BCUT2D eigenvalue weighted by molar-refractivity contribution is 5.84. The van der Waals surface area contributed by atoms with E-state index in [0.717, 1.165) is 19.4 Å². The van der Waals surface area contributed by atoms with E-state index >= 15 is 0 Å². The van der Waals surface area contributed by atoms with Crippen molar-refractivity contribution in [1.82, 2.24) is 0 Å². The fourth-order valence-electron chi connectivity index (χ4n) is 0.935. The Balaban J connectivity index is 3.76. The molecule has 0 rings (SSSR count). The minimum absolute atomic E-state index is 0.0842. The van der Waals surface area contributed by atoms with Crippen molar-refractivity contribution in [3.05, 3.63) is 0 Å². The van der Waals surface area contributed by atoms with Gasteiger partial charge in [-0.15, -0.1) is 0 Å². The fraction of sp³-hybridized carbons (Fsp3) is 0.818. The van der Waals surface area contributed by atoms with Gasteiger partial charge in [0.2, 0.25) is 0 Å². The first kappa shape index (κ1) is 13.1. The summed E-state index contributed by atoms with van der Waals surface area (Å²) < 4.78 is 5.32. The zero-order valence-electron chi connectivity index (χ0n) is 9.30. The summed E-state index contributed by atoms with van der Waals surface area (Å²) in [5.74, 6) is -0.0842. The molecule has 0 aliphatic carbocycles.